The molecule has 1 aliphatic heterocycles. The zero-order valence-electron chi connectivity index (χ0n) is 12.2. The fraction of sp³-hybridized carbons (Fsp3) is 0.286. The number of carbonyl (C=O) groups is 2. The van der Waals surface area contributed by atoms with E-state index < -0.39 is 0 Å². The summed E-state index contributed by atoms with van der Waals surface area (Å²) in [7, 11) is 1.42. The third-order valence-corrected chi connectivity index (χ3v) is 3.59. The summed E-state index contributed by atoms with van der Waals surface area (Å²) >= 11 is 5.90. The lowest BCUT2D eigenvalue weighted by Crippen LogP contribution is -2.29. The van der Waals surface area contributed by atoms with Gasteiger partial charge >= 0.3 is 0 Å². The standard InChI is InChI=1S/C14H14ClN5O3/c1-23-7-12(22)16-13-18-14-17-11(21)6-10(20(14)19-13)8-2-4-9(15)5-3-8/h2-5,10H,6-7H2,1H3,(H2,16,17,18,19,21,22)/t10-/m0/s1. The third kappa shape index (κ3) is 3.33. The summed E-state index contributed by atoms with van der Waals surface area (Å²) in [4.78, 5) is 27.6. The largest absolute Gasteiger partial charge is 0.375 e. The van der Waals surface area contributed by atoms with E-state index >= 15 is 0 Å². The Morgan fingerprint density at radius 3 is 2.91 bits per heavy atom. The van der Waals surface area contributed by atoms with Crippen molar-refractivity contribution in [1.29, 1.82) is 0 Å². The van der Waals surface area contributed by atoms with Crippen LogP contribution in [0.4, 0.5) is 11.9 Å². The van der Waals surface area contributed by atoms with Crippen molar-refractivity contribution in [2.24, 2.45) is 0 Å². The van der Waals surface area contributed by atoms with E-state index in [1.807, 2.05) is 12.1 Å². The van der Waals surface area contributed by atoms with E-state index in [0.717, 1.165) is 5.56 Å². The summed E-state index contributed by atoms with van der Waals surface area (Å²) in [5.41, 5.74) is 0.880. The molecule has 1 aliphatic rings. The van der Waals surface area contributed by atoms with Gasteiger partial charge in [0.2, 0.25) is 11.9 Å². The molecule has 0 spiro atoms. The fourth-order valence-corrected chi connectivity index (χ4v) is 2.48. The lowest BCUT2D eigenvalue weighted by atomic mass is 10.0. The molecule has 2 N–H and O–H groups in total. The van der Waals surface area contributed by atoms with Crippen molar-refractivity contribution in [3.05, 3.63) is 34.9 Å². The van der Waals surface area contributed by atoms with Crippen LogP contribution in [0.5, 0.6) is 0 Å². The van der Waals surface area contributed by atoms with Crippen molar-refractivity contribution < 1.29 is 14.3 Å². The van der Waals surface area contributed by atoms with Crippen LogP contribution in [0.2, 0.25) is 5.02 Å². The van der Waals surface area contributed by atoms with E-state index in [-0.39, 0.29) is 42.8 Å². The van der Waals surface area contributed by atoms with Crippen LogP contribution >= 0.6 is 11.6 Å². The minimum absolute atomic E-state index is 0.100. The molecule has 0 saturated carbocycles. The van der Waals surface area contributed by atoms with Crippen LogP contribution in [0.15, 0.2) is 24.3 Å². The van der Waals surface area contributed by atoms with Crippen molar-refractivity contribution in [3.63, 3.8) is 0 Å². The van der Waals surface area contributed by atoms with Crippen molar-refractivity contribution >= 4 is 35.3 Å². The monoisotopic (exact) mass is 335 g/mol. The number of hydrogen-bond donors (Lipinski definition) is 2. The molecule has 23 heavy (non-hydrogen) atoms. The highest BCUT2D eigenvalue weighted by atomic mass is 35.5. The molecule has 3 rings (SSSR count). The smallest absolute Gasteiger partial charge is 0.252 e. The van der Waals surface area contributed by atoms with Gasteiger partial charge in [-0.2, -0.15) is 4.98 Å². The number of benzene rings is 1. The zero-order chi connectivity index (χ0) is 16.4. The lowest BCUT2D eigenvalue weighted by Gasteiger charge is -2.23. The van der Waals surface area contributed by atoms with Crippen LogP contribution in [0.25, 0.3) is 0 Å². The third-order valence-electron chi connectivity index (χ3n) is 3.34. The minimum Gasteiger partial charge on any atom is -0.375 e. The average molecular weight is 336 g/mol. The summed E-state index contributed by atoms with van der Waals surface area (Å²) in [6, 6.07) is 6.86. The van der Waals surface area contributed by atoms with Crippen LogP contribution in [0, 0.1) is 0 Å². The van der Waals surface area contributed by atoms with Gasteiger partial charge in [-0.15, -0.1) is 5.10 Å². The van der Waals surface area contributed by atoms with Crippen LogP contribution < -0.4 is 10.6 Å². The fourth-order valence-electron chi connectivity index (χ4n) is 2.35. The molecule has 120 valence electrons. The van der Waals surface area contributed by atoms with Gasteiger partial charge in [0.25, 0.3) is 11.9 Å². The summed E-state index contributed by atoms with van der Waals surface area (Å²) in [6.07, 6.45) is 0.226. The van der Waals surface area contributed by atoms with Crippen LogP contribution in [-0.4, -0.2) is 40.3 Å². The molecule has 9 heteroatoms. The second-order valence-electron chi connectivity index (χ2n) is 5.00. The Labute approximate surface area is 136 Å². The van der Waals surface area contributed by atoms with Gasteiger partial charge in [0.1, 0.15) is 6.61 Å². The van der Waals surface area contributed by atoms with Crippen molar-refractivity contribution in [2.45, 2.75) is 12.5 Å². The van der Waals surface area contributed by atoms with Crippen LogP contribution in [0.1, 0.15) is 18.0 Å². The molecule has 1 aromatic heterocycles. The first-order valence-electron chi connectivity index (χ1n) is 6.87. The number of aromatic nitrogens is 3. The summed E-state index contributed by atoms with van der Waals surface area (Å²) in [5, 5.41) is 10.0. The molecule has 8 nitrogen and oxygen atoms in total. The van der Waals surface area contributed by atoms with Crippen molar-refractivity contribution in [1.82, 2.24) is 14.8 Å². The number of carbonyl (C=O) groups excluding carboxylic acids is 2. The SMILES string of the molecule is COCC(=O)Nc1nc2n(n1)[C@H](c1ccc(Cl)cc1)CC(=O)N2. The van der Waals surface area contributed by atoms with E-state index in [2.05, 4.69) is 20.7 Å². The predicted molar refractivity (Wildman–Crippen MR) is 83.4 cm³/mol. The Hall–Kier alpha value is -2.45. The van der Waals surface area contributed by atoms with Crippen LogP contribution in [-0.2, 0) is 14.3 Å². The highest BCUT2D eigenvalue weighted by Gasteiger charge is 2.29. The Morgan fingerprint density at radius 1 is 1.48 bits per heavy atom. The topological polar surface area (TPSA) is 98.1 Å². The maximum absolute atomic E-state index is 11.9. The molecule has 0 aliphatic carbocycles. The Bertz CT molecular complexity index is 743. The van der Waals surface area contributed by atoms with E-state index in [9.17, 15) is 9.59 Å². The first-order valence-corrected chi connectivity index (χ1v) is 7.25. The average Bonchev–Trinajstić information content (AvgIpc) is 2.89. The molecular weight excluding hydrogens is 322 g/mol. The maximum Gasteiger partial charge on any atom is 0.252 e. The Kier molecular flexibility index (Phi) is 4.26. The number of methoxy groups -OCH3 is 1. The molecule has 1 aromatic carbocycles. The van der Waals surface area contributed by atoms with Crippen molar-refractivity contribution in [2.75, 3.05) is 24.4 Å². The molecule has 0 fully saturated rings. The van der Waals surface area contributed by atoms with Crippen molar-refractivity contribution in [3.8, 4) is 0 Å². The number of hydrogen-bond acceptors (Lipinski definition) is 5. The molecule has 0 bridgehead atoms. The number of ether oxygens (including phenoxy) is 1. The number of nitrogens with zero attached hydrogens (tertiary/aromatic N) is 3. The quantitative estimate of drug-likeness (QED) is 0.881. The van der Waals surface area contributed by atoms with E-state index in [4.69, 9.17) is 16.3 Å². The maximum atomic E-state index is 11.9. The van der Waals surface area contributed by atoms with Gasteiger partial charge in [-0.25, -0.2) is 4.68 Å². The van der Waals surface area contributed by atoms with Gasteiger partial charge in [-0.3, -0.25) is 20.2 Å². The Balaban J connectivity index is 1.90. The normalized spacial score (nSPS) is 16.6. The molecule has 2 amide bonds. The lowest BCUT2D eigenvalue weighted by molar-refractivity contribution is -0.120. The molecular formula is C14H14ClN5O3. The number of amides is 2. The van der Waals surface area contributed by atoms with Gasteiger partial charge in [-0.05, 0) is 17.7 Å². The molecule has 2 aromatic rings. The first kappa shape index (κ1) is 15.4. The van der Waals surface area contributed by atoms with E-state index in [1.54, 1.807) is 16.8 Å². The van der Waals surface area contributed by atoms with Gasteiger partial charge in [-0.1, -0.05) is 23.7 Å². The molecule has 2 heterocycles. The minimum atomic E-state index is -0.371. The van der Waals surface area contributed by atoms with E-state index in [1.165, 1.54) is 7.11 Å². The predicted octanol–water partition coefficient (Wildman–Crippen LogP) is 1.45. The summed E-state index contributed by atoms with van der Waals surface area (Å²) in [5.74, 6) is -0.137. The van der Waals surface area contributed by atoms with Gasteiger partial charge in [0.15, 0.2) is 0 Å². The number of rotatable bonds is 4. The van der Waals surface area contributed by atoms with E-state index in [0.29, 0.717) is 5.02 Å². The summed E-state index contributed by atoms with van der Waals surface area (Å²) < 4.78 is 6.32. The van der Waals surface area contributed by atoms with Gasteiger partial charge < -0.3 is 4.74 Å². The molecule has 1 atom stereocenters. The highest BCUT2D eigenvalue weighted by molar-refractivity contribution is 6.30. The second kappa shape index (κ2) is 6.35. The molecule has 0 radical (unpaired) electrons. The molecule has 0 unspecified atom stereocenters. The highest BCUT2D eigenvalue weighted by Crippen LogP contribution is 2.30. The van der Waals surface area contributed by atoms with Gasteiger partial charge in [0, 0.05) is 12.1 Å². The number of anilines is 2. The number of fused-ring (bicyclic) bond motifs is 1. The molecule has 0 saturated heterocycles. The van der Waals surface area contributed by atoms with Crippen LogP contribution in [0.3, 0.4) is 0 Å². The Morgan fingerprint density at radius 2 is 2.22 bits per heavy atom. The first-order chi connectivity index (χ1) is 11.1. The summed E-state index contributed by atoms with van der Waals surface area (Å²) in [6.45, 7) is -0.100. The number of nitrogens with one attached hydrogen (secondary N) is 2. The zero-order valence-corrected chi connectivity index (χ0v) is 13.0. The van der Waals surface area contributed by atoms with Gasteiger partial charge in [0.05, 0.1) is 12.5 Å². The second-order valence-corrected chi connectivity index (χ2v) is 5.44. The number of halogens is 1.